The lowest BCUT2D eigenvalue weighted by Crippen LogP contribution is -2.10. The van der Waals surface area contributed by atoms with Gasteiger partial charge < -0.3 is 9.32 Å². The van der Waals surface area contributed by atoms with Crippen LogP contribution in [0.3, 0.4) is 0 Å². The van der Waals surface area contributed by atoms with Crippen LogP contribution >= 0.6 is 11.3 Å². The summed E-state index contributed by atoms with van der Waals surface area (Å²) in [6.45, 7) is 0. The maximum atomic E-state index is 9.55. The number of hydrogen-bond acceptors (Lipinski definition) is 3. The summed E-state index contributed by atoms with van der Waals surface area (Å²) in [4.78, 5) is 0.704. The molecule has 202 valence electrons. The van der Waals surface area contributed by atoms with Gasteiger partial charge in [0.05, 0.1) is 35.7 Å². The standard InChI is InChI=1S/C40H25NOS/c1-2-11-28(12-3-1)41(34-16-9-17-35-39(34)33-25-22-26-10-4-5-13-31(26)40(33)42-35)29-23-20-27(21-24-29)30-15-8-19-37-38(30)32-14-6-7-18-36(32)43-37/h1-25H/i1D,2D,3D,4D,5D,9D,10D,11D,12D,13D,16D,17D,20D,21D,22D,23D,24D,25D. The van der Waals surface area contributed by atoms with Gasteiger partial charge in [-0.05, 0) is 70.9 Å². The van der Waals surface area contributed by atoms with Crippen LogP contribution < -0.4 is 4.90 Å². The lowest BCUT2D eigenvalue weighted by atomic mass is 9.99. The smallest absolute Gasteiger partial charge is 0.143 e. The van der Waals surface area contributed by atoms with Crippen molar-refractivity contribution in [3.8, 4) is 11.1 Å². The quantitative estimate of drug-likeness (QED) is 0.204. The van der Waals surface area contributed by atoms with Gasteiger partial charge in [-0.2, -0.15) is 0 Å². The molecule has 0 unspecified atom stereocenters. The molecule has 0 atom stereocenters. The number of hydrogen-bond donors (Lipinski definition) is 0. The van der Waals surface area contributed by atoms with Crippen LogP contribution in [0.25, 0.3) is 64.0 Å². The SMILES string of the molecule is [2H]c1c([2H])c([2H])c(N(c2c([2H])c([2H])c(-c3cccc4sc5ccccc5c34)c([2H])c2[2H])c2c([2H])c([2H])c([2H])c3oc4c5c([2H])c([2H])c([2H])c([2H])c5c([2H])c([2H])c4c23)c([2H])c1[2H]. The van der Waals surface area contributed by atoms with Gasteiger partial charge in [0.1, 0.15) is 11.2 Å². The van der Waals surface area contributed by atoms with Crippen LogP contribution in [0.2, 0.25) is 0 Å². The molecular formula is C40H25NOS. The lowest BCUT2D eigenvalue weighted by Gasteiger charge is -2.26. The Morgan fingerprint density at radius 2 is 1.35 bits per heavy atom. The van der Waals surface area contributed by atoms with E-state index in [9.17, 15) is 8.22 Å². The highest BCUT2D eigenvalue weighted by Gasteiger charge is 2.20. The van der Waals surface area contributed by atoms with Gasteiger partial charge in [0, 0.05) is 42.3 Å². The van der Waals surface area contributed by atoms with Crippen molar-refractivity contribution in [1.29, 1.82) is 0 Å². The first kappa shape index (κ1) is 12.5. The summed E-state index contributed by atoms with van der Waals surface area (Å²) in [6, 6.07) is -1.32. The maximum Gasteiger partial charge on any atom is 0.143 e. The van der Waals surface area contributed by atoms with Crippen LogP contribution in [0.15, 0.2) is 156 Å². The highest BCUT2D eigenvalue weighted by atomic mass is 32.1. The van der Waals surface area contributed by atoms with E-state index in [1.807, 2.05) is 30.3 Å². The summed E-state index contributed by atoms with van der Waals surface area (Å²) in [5.74, 6) is 0. The third-order valence-electron chi connectivity index (χ3n) is 7.17. The molecule has 2 aromatic heterocycles. The van der Waals surface area contributed by atoms with Gasteiger partial charge in [-0.15, -0.1) is 11.3 Å². The molecule has 9 rings (SSSR count). The van der Waals surface area contributed by atoms with Crippen LogP contribution in [0.1, 0.15) is 24.7 Å². The Morgan fingerprint density at radius 3 is 2.26 bits per heavy atom. The number of para-hydroxylation sites is 1. The summed E-state index contributed by atoms with van der Waals surface area (Å²) in [6.07, 6.45) is 0. The minimum Gasteiger partial charge on any atom is -0.455 e. The van der Waals surface area contributed by atoms with E-state index >= 15 is 0 Å². The van der Waals surface area contributed by atoms with Crippen molar-refractivity contribution in [3.05, 3.63) is 151 Å². The zero-order valence-electron chi connectivity index (χ0n) is 39.8. The first-order valence-electron chi connectivity index (χ1n) is 22.1. The van der Waals surface area contributed by atoms with E-state index in [4.69, 9.17) is 20.9 Å². The van der Waals surface area contributed by atoms with Gasteiger partial charge in [0.15, 0.2) is 0 Å². The highest BCUT2D eigenvalue weighted by Crippen LogP contribution is 2.45. The number of fused-ring (bicyclic) bond motifs is 8. The van der Waals surface area contributed by atoms with Gasteiger partial charge in [-0.25, -0.2) is 0 Å². The van der Waals surface area contributed by atoms with Crippen molar-refractivity contribution in [2.75, 3.05) is 4.90 Å². The van der Waals surface area contributed by atoms with Crippen molar-refractivity contribution in [3.63, 3.8) is 0 Å². The molecular weight excluding hydrogens is 543 g/mol. The molecule has 0 fully saturated rings. The number of furan rings is 1. The van der Waals surface area contributed by atoms with Crippen LogP contribution in [-0.4, -0.2) is 0 Å². The predicted octanol–water partition coefficient (Wildman–Crippen LogP) is 12.2. The second kappa shape index (κ2) is 9.59. The van der Waals surface area contributed by atoms with Crippen LogP contribution in [0, 0.1) is 0 Å². The average Bonchev–Trinajstić information content (AvgIpc) is 3.83. The number of nitrogens with zero attached hydrogens (tertiary/aromatic N) is 1. The Morgan fingerprint density at radius 1 is 0.558 bits per heavy atom. The second-order valence-electron chi connectivity index (χ2n) is 9.54. The lowest BCUT2D eigenvalue weighted by molar-refractivity contribution is 0.672. The molecule has 0 saturated heterocycles. The van der Waals surface area contributed by atoms with E-state index in [1.54, 1.807) is 12.1 Å². The molecule has 0 aliphatic heterocycles. The summed E-state index contributed by atoms with van der Waals surface area (Å²) < 4.78 is 169. The van der Waals surface area contributed by atoms with Gasteiger partial charge >= 0.3 is 0 Å². The minimum atomic E-state index is -0.921. The maximum absolute atomic E-state index is 9.55. The number of rotatable bonds is 4. The molecule has 0 aliphatic carbocycles. The van der Waals surface area contributed by atoms with E-state index in [-0.39, 0.29) is 10.9 Å². The predicted molar refractivity (Wildman–Crippen MR) is 184 cm³/mol. The molecule has 0 aliphatic rings. The molecule has 0 spiro atoms. The van der Waals surface area contributed by atoms with Crippen molar-refractivity contribution >= 4 is 81.3 Å². The fraction of sp³-hybridized carbons (Fsp3) is 0. The number of thiophene rings is 1. The van der Waals surface area contributed by atoms with Crippen LogP contribution in [0.4, 0.5) is 17.1 Å². The molecule has 7 aromatic carbocycles. The zero-order chi connectivity index (χ0) is 44.0. The topological polar surface area (TPSA) is 16.4 Å². The van der Waals surface area contributed by atoms with Crippen molar-refractivity contribution in [2.45, 2.75) is 0 Å². The Labute approximate surface area is 277 Å². The van der Waals surface area contributed by atoms with Gasteiger partial charge in [0.25, 0.3) is 0 Å². The Bertz CT molecular complexity index is 3430. The monoisotopic (exact) mass is 585 g/mol. The third-order valence-corrected chi connectivity index (χ3v) is 8.31. The zero-order valence-corrected chi connectivity index (χ0v) is 22.6. The molecule has 0 N–H and O–H groups in total. The molecule has 9 aromatic rings. The van der Waals surface area contributed by atoms with E-state index in [2.05, 4.69) is 0 Å². The Balaban J connectivity index is 1.50. The summed E-state index contributed by atoms with van der Waals surface area (Å²) in [7, 11) is 0. The average molecular weight is 586 g/mol. The van der Waals surface area contributed by atoms with Crippen molar-refractivity contribution < 1.29 is 29.1 Å². The second-order valence-corrected chi connectivity index (χ2v) is 10.6. The summed E-state index contributed by atoms with van der Waals surface area (Å²) >= 11 is 1.46. The molecule has 43 heavy (non-hydrogen) atoms. The molecule has 2 heterocycles. The molecule has 3 heteroatoms. The molecule has 0 amide bonds. The highest BCUT2D eigenvalue weighted by molar-refractivity contribution is 7.25. The largest absolute Gasteiger partial charge is 0.455 e. The molecule has 2 nitrogen and oxygen atoms in total. The molecule has 0 radical (unpaired) electrons. The van der Waals surface area contributed by atoms with Gasteiger partial charge in [-0.3, -0.25) is 0 Å². The summed E-state index contributed by atoms with van der Waals surface area (Å²) in [5, 5.41) is -0.212. The number of benzene rings is 7. The fourth-order valence-corrected chi connectivity index (χ4v) is 6.48. The fourth-order valence-electron chi connectivity index (χ4n) is 5.35. The van der Waals surface area contributed by atoms with E-state index < -0.39 is 153 Å². The van der Waals surface area contributed by atoms with Gasteiger partial charge in [-0.1, -0.05) is 96.8 Å². The Kier molecular flexibility index (Phi) is 2.78. The number of anilines is 3. The van der Waals surface area contributed by atoms with Crippen molar-refractivity contribution in [1.82, 2.24) is 0 Å². The van der Waals surface area contributed by atoms with E-state index in [1.165, 1.54) is 11.3 Å². The molecule has 0 saturated carbocycles. The Hall–Kier alpha value is -5.38. The minimum absolute atomic E-state index is 0.130. The first-order chi connectivity index (χ1) is 28.8. The van der Waals surface area contributed by atoms with E-state index in [0.717, 1.165) is 14.8 Å². The van der Waals surface area contributed by atoms with E-state index in [0.29, 0.717) is 15.8 Å². The van der Waals surface area contributed by atoms with Crippen molar-refractivity contribution in [2.24, 2.45) is 0 Å². The first-order valence-corrected chi connectivity index (χ1v) is 13.9. The third kappa shape index (κ3) is 3.79. The molecule has 0 bridgehead atoms. The normalized spacial score (nSPS) is 17.6. The van der Waals surface area contributed by atoms with Crippen LogP contribution in [-0.2, 0) is 0 Å². The van der Waals surface area contributed by atoms with Gasteiger partial charge in [0.2, 0.25) is 0 Å². The van der Waals surface area contributed by atoms with Crippen LogP contribution in [0.5, 0.6) is 0 Å². The summed E-state index contributed by atoms with van der Waals surface area (Å²) in [5.41, 5.74) is -3.00.